The standard InChI is InChI=1S/C33H31BClF3N6O11/c35-24-17(13-20(38)26(46)27(24)47)25(29(48)40-22-11-14-1-3-19(37)23(30(49)50)28(14)55-34(22)54)41-32(52)44-10-9-43(33(44)53)16-5-7-42(8-6-16)31(51)39-15-2-4-18(36)21(45)12-15/h1-4,12-13,16,22,25,45-47,54H,5-11H2,(H,39,51)(H,40,48)(H,41,52)(H,49,50)/t22-,25?/m0/s1. The number of nitrogens with one attached hydrogen (secondary N) is 3. The molecule has 290 valence electrons. The fourth-order valence-corrected chi connectivity index (χ4v) is 6.85. The number of aromatic hydroxyl groups is 3. The van der Waals surface area contributed by atoms with E-state index in [1.807, 2.05) is 0 Å². The highest BCUT2D eigenvalue weighted by molar-refractivity contribution is 6.47. The number of hydrogen-bond donors (Lipinski definition) is 8. The van der Waals surface area contributed by atoms with Crippen LogP contribution in [0.1, 0.15) is 40.4 Å². The summed E-state index contributed by atoms with van der Waals surface area (Å²) in [6.45, 7) is 0.299. The Morgan fingerprint density at radius 1 is 0.909 bits per heavy atom. The van der Waals surface area contributed by atoms with Crippen LogP contribution in [0.5, 0.6) is 23.0 Å². The third-order valence-corrected chi connectivity index (χ3v) is 9.86. The first kappa shape index (κ1) is 38.6. The van der Waals surface area contributed by atoms with Gasteiger partial charge in [-0.1, -0.05) is 17.7 Å². The molecule has 3 aromatic carbocycles. The van der Waals surface area contributed by atoms with Crippen molar-refractivity contribution in [2.45, 2.75) is 37.3 Å². The molecule has 55 heavy (non-hydrogen) atoms. The van der Waals surface area contributed by atoms with Crippen LogP contribution in [0.4, 0.5) is 33.2 Å². The summed E-state index contributed by atoms with van der Waals surface area (Å²) >= 11 is 6.18. The van der Waals surface area contributed by atoms with E-state index in [-0.39, 0.29) is 43.9 Å². The lowest BCUT2D eigenvalue weighted by atomic mass is 9.72. The SMILES string of the molecule is O=C(O)c1c(F)ccc2c1OB(O)[C@@H](NC(=O)C(NC(=O)N1CCN(C3CCN(C(=O)Nc4ccc(F)c(O)c4)CC3)C1=O)c1cc(F)c(O)c(O)c1Cl)C2. The van der Waals surface area contributed by atoms with Crippen molar-refractivity contribution in [2.24, 2.45) is 0 Å². The zero-order chi connectivity index (χ0) is 39.9. The molecule has 0 aliphatic carbocycles. The van der Waals surface area contributed by atoms with E-state index in [1.54, 1.807) is 0 Å². The smallest absolute Gasteiger partial charge is 0.534 e. The Morgan fingerprint density at radius 3 is 2.27 bits per heavy atom. The number of halogens is 4. The Labute approximate surface area is 314 Å². The van der Waals surface area contributed by atoms with Gasteiger partial charge in [-0.3, -0.25) is 4.79 Å². The first-order valence-corrected chi connectivity index (χ1v) is 17.0. The average Bonchev–Trinajstić information content (AvgIpc) is 3.54. The van der Waals surface area contributed by atoms with Crippen LogP contribution in [0, 0.1) is 17.5 Å². The van der Waals surface area contributed by atoms with Crippen molar-refractivity contribution in [2.75, 3.05) is 31.5 Å². The minimum Gasteiger partial charge on any atom is -0.534 e. The van der Waals surface area contributed by atoms with Crippen LogP contribution in [-0.2, 0) is 11.2 Å². The number of fused-ring (bicyclic) bond motifs is 1. The molecule has 7 amide bonds. The van der Waals surface area contributed by atoms with Crippen molar-refractivity contribution < 1.29 is 67.2 Å². The van der Waals surface area contributed by atoms with Crippen molar-refractivity contribution in [3.05, 3.63) is 75.6 Å². The predicted octanol–water partition coefficient (Wildman–Crippen LogP) is 2.90. The second-order valence-corrected chi connectivity index (χ2v) is 13.2. The number of nitrogens with zero attached hydrogens (tertiary/aromatic N) is 3. The average molecular weight is 791 g/mol. The zero-order valence-corrected chi connectivity index (χ0v) is 29.0. The maximum atomic E-state index is 14.7. The first-order chi connectivity index (χ1) is 26.0. The van der Waals surface area contributed by atoms with Gasteiger partial charge in [0.2, 0.25) is 5.91 Å². The van der Waals surface area contributed by atoms with E-state index in [1.165, 1.54) is 21.9 Å². The Balaban J connectivity index is 1.14. The quantitative estimate of drug-likeness (QED) is 0.128. The van der Waals surface area contributed by atoms with Gasteiger partial charge < -0.3 is 55.9 Å². The summed E-state index contributed by atoms with van der Waals surface area (Å²) in [4.78, 5) is 68.9. The van der Waals surface area contributed by atoms with Crippen LogP contribution >= 0.6 is 11.6 Å². The number of carboxylic acids is 1. The molecule has 0 radical (unpaired) electrons. The molecular weight excluding hydrogens is 760 g/mol. The lowest BCUT2D eigenvalue weighted by Gasteiger charge is -2.36. The number of aromatic carboxylic acids is 1. The van der Waals surface area contributed by atoms with Gasteiger partial charge in [0.25, 0.3) is 0 Å². The number of rotatable bonds is 7. The second kappa shape index (κ2) is 15.3. The molecule has 0 spiro atoms. The molecule has 2 fully saturated rings. The number of amides is 7. The summed E-state index contributed by atoms with van der Waals surface area (Å²) in [6, 6.07) is 1.09. The van der Waals surface area contributed by atoms with Crippen LogP contribution in [0.25, 0.3) is 0 Å². The number of anilines is 1. The van der Waals surface area contributed by atoms with Gasteiger partial charge in [-0.2, -0.15) is 0 Å². The lowest BCUT2D eigenvalue weighted by Crippen LogP contribution is -2.56. The molecule has 0 saturated carbocycles. The molecule has 0 aromatic heterocycles. The number of carboxylic acid groups (broad SMARTS) is 1. The van der Waals surface area contributed by atoms with Crippen molar-refractivity contribution in [1.82, 2.24) is 25.3 Å². The maximum absolute atomic E-state index is 14.7. The molecule has 3 aromatic rings. The van der Waals surface area contributed by atoms with Gasteiger partial charge in [0, 0.05) is 49.5 Å². The van der Waals surface area contributed by atoms with E-state index in [4.69, 9.17) is 16.3 Å². The van der Waals surface area contributed by atoms with E-state index in [0.717, 1.165) is 23.1 Å². The summed E-state index contributed by atoms with van der Waals surface area (Å²) in [7, 11) is -1.95. The van der Waals surface area contributed by atoms with Crippen LogP contribution in [0.2, 0.25) is 5.02 Å². The minimum absolute atomic E-state index is 0.0636. The van der Waals surface area contributed by atoms with Gasteiger partial charge in [0.1, 0.15) is 23.2 Å². The van der Waals surface area contributed by atoms with Crippen molar-refractivity contribution in [3.8, 4) is 23.0 Å². The Bertz CT molecular complexity index is 2090. The topological polar surface area (TPSA) is 242 Å². The van der Waals surface area contributed by atoms with E-state index in [9.17, 15) is 62.6 Å². The molecule has 2 saturated heterocycles. The van der Waals surface area contributed by atoms with Gasteiger partial charge in [-0.05, 0) is 49.1 Å². The fraction of sp³-hybridized carbons (Fsp3) is 0.303. The number of phenolic OH excluding ortho intramolecular Hbond substituents is 3. The number of benzene rings is 3. The minimum atomic E-state index is -1.98. The first-order valence-electron chi connectivity index (χ1n) is 16.6. The van der Waals surface area contributed by atoms with E-state index in [2.05, 4.69) is 16.0 Å². The van der Waals surface area contributed by atoms with E-state index in [0.29, 0.717) is 18.9 Å². The summed E-state index contributed by atoms with van der Waals surface area (Å²) in [5, 5.41) is 56.2. The molecule has 22 heteroatoms. The van der Waals surface area contributed by atoms with Crippen LogP contribution < -0.4 is 20.6 Å². The van der Waals surface area contributed by atoms with E-state index < -0.39 is 112 Å². The highest BCUT2D eigenvalue weighted by Crippen LogP contribution is 2.41. The Kier molecular flexibility index (Phi) is 10.8. The van der Waals surface area contributed by atoms with Crippen LogP contribution in [0.15, 0.2) is 36.4 Å². The molecule has 3 aliphatic rings. The normalized spacial score (nSPS) is 17.7. The summed E-state index contributed by atoms with van der Waals surface area (Å²) < 4.78 is 47.5. The summed E-state index contributed by atoms with van der Waals surface area (Å²) in [6.07, 6.45) is 0.319. The van der Waals surface area contributed by atoms with Crippen molar-refractivity contribution in [1.29, 1.82) is 0 Å². The molecule has 17 nitrogen and oxygen atoms in total. The molecule has 6 rings (SSSR count). The van der Waals surface area contributed by atoms with Crippen molar-refractivity contribution >= 4 is 54.4 Å². The number of likely N-dealkylation sites (tertiary alicyclic amines) is 1. The third kappa shape index (κ3) is 7.65. The van der Waals surface area contributed by atoms with Gasteiger partial charge >= 0.3 is 31.2 Å². The van der Waals surface area contributed by atoms with Gasteiger partial charge in [-0.15, -0.1) is 0 Å². The molecule has 2 atom stereocenters. The second-order valence-electron chi connectivity index (χ2n) is 12.8. The number of phenols is 3. The lowest BCUT2D eigenvalue weighted by molar-refractivity contribution is -0.123. The molecule has 1 unspecified atom stereocenters. The number of piperidine rings is 1. The largest absolute Gasteiger partial charge is 0.547 e. The molecule has 3 heterocycles. The van der Waals surface area contributed by atoms with Crippen molar-refractivity contribution in [3.63, 3.8) is 0 Å². The van der Waals surface area contributed by atoms with Gasteiger partial charge in [0.15, 0.2) is 28.9 Å². The number of urea groups is 3. The summed E-state index contributed by atoms with van der Waals surface area (Å²) in [5.74, 6) is -11.2. The number of carbonyl (C=O) groups excluding carboxylic acids is 4. The highest BCUT2D eigenvalue weighted by atomic mass is 35.5. The zero-order valence-electron chi connectivity index (χ0n) is 28.3. The third-order valence-electron chi connectivity index (χ3n) is 9.46. The molecule has 8 N–H and O–H groups in total. The molecular formula is C33H31BClF3N6O11. The summed E-state index contributed by atoms with van der Waals surface area (Å²) in [5.41, 5.74) is -1.16. The maximum Gasteiger partial charge on any atom is 0.547 e. The van der Waals surface area contributed by atoms with Gasteiger partial charge in [-0.25, -0.2) is 37.2 Å². The predicted molar refractivity (Wildman–Crippen MR) is 184 cm³/mol. The van der Waals surface area contributed by atoms with E-state index >= 15 is 0 Å². The number of carbonyl (C=O) groups is 5. The van der Waals surface area contributed by atoms with Gasteiger partial charge in [0.05, 0.1) is 11.0 Å². The highest BCUT2D eigenvalue weighted by Gasteiger charge is 2.43. The number of imide groups is 1. The monoisotopic (exact) mass is 790 g/mol. The van der Waals surface area contributed by atoms with Crippen LogP contribution in [-0.4, -0.2) is 115 Å². The molecule has 3 aliphatic heterocycles. The molecule has 0 bridgehead atoms. The fourth-order valence-electron chi connectivity index (χ4n) is 6.60. The Hall–Kier alpha value is -6.09. The van der Waals surface area contributed by atoms with Crippen LogP contribution in [0.3, 0.4) is 0 Å². The number of hydrogen-bond acceptors (Lipinski definition) is 10. The Morgan fingerprint density at radius 2 is 1.60 bits per heavy atom.